The fraction of sp³-hybridized carbons (Fsp3) is 0.278. The van der Waals surface area contributed by atoms with Crippen LogP contribution in [0.25, 0.3) is 4.85 Å². The van der Waals surface area contributed by atoms with Crippen molar-refractivity contribution in [2.75, 3.05) is 6.61 Å². The molecule has 0 spiro atoms. The molecule has 1 unspecified atom stereocenters. The summed E-state index contributed by atoms with van der Waals surface area (Å²) in [7, 11) is -4.37. The first kappa shape index (κ1) is 38.4. The smallest absolute Gasteiger partial charge is 0.351 e. The third-order valence-electron chi connectivity index (χ3n) is 7.65. The van der Waals surface area contributed by atoms with E-state index in [0.29, 0.717) is 48.8 Å². The lowest BCUT2D eigenvalue weighted by Crippen LogP contribution is -2.20. The van der Waals surface area contributed by atoms with Crippen LogP contribution in [-0.4, -0.2) is 33.4 Å². The van der Waals surface area contributed by atoms with Gasteiger partial charge in [-0.15, -0.1) is 0 Å². The number of thioether (sulfide) groups is 4. The second-order valence-corrected chi connectivity index (χ2v) is 17.5. The molecular formula is C36H34N2O8S5. The quantitative estimate of drug-likeness (QED) is 0.0520. The molecule has 51 heavy (non-hydrogen) atoms. The minimum absolute atomic E-state index is 0.00327. The van der Waals surface area contributed by atoms with Gasteiger partial charge in [0.05, 0.1) is 45.5 Å². The summed E-state index contributed by atoms with van der Waals surface area (Å²) in [5.74, 6) is -1.32. The summed E-state index contributed by atoms with van der Waals surface area (Å²) in [5, 5.41) is 2.45. The van der Waals surface area contributed by atoms with Gasteiger partial charge in [0.15, 0.2) is 10.7 Å². The maximum Gasteiger partial charge on any atom is 0.351 e. The van der Waals surface area contributed by atoms with Gasteiger partial charge in [-0.05, 0) is 37.5 Å². The van der Waals surface area contributed by atoms with Crippen molar-refractivity contribution in [1.29, 1.82) is 0 Å². The number of nitrogens with zero attached hydrogens (tertiary/aromatic N) is 1. The largest absolute Gasteiger partial charge is 0.486 e. The molecule has 0 saturated carbocycles. The minimum Gasteiger partial charge on any atom is -0.486 e. The number of nitrogens with one attached hydrogen (secondary N) is 1. The van der Waals surface area contributed by atoms with Crippen LogP contribution in [0.3, 0.4) is 0 Å². The van der Waals surface area contributed by atoms with Gasteiger partial charge in [0.2, 0.25) is 9.84 Å². The Bertz CT molecular complexity index is 2030. The summed E-state index contributed by atoms with van der Waals surface area (Å²) in [6.45, 7) is 13.3. The lowest BCUT2D eigenvalue weighted by atomic mass is 10.00. The van der Waals surface area contributed by atoms with Crippen molar-refractivity contribution >= 4 is 75.2 Å². The standard InChI is InChI=1S/C36H34N2O8S5/c1-5-8-17-23(6-2)33(40)46-26-29-27(47-35(48-29)31(34(41)44-7-3)51(42,43)24-18-13-10-14-19-24)25(45-20-22-15-11-9-12-16-22)28-30(26)50-36(49-28)32(37-4)38-21-39/h9-16,18-19,21,23H,5-8,17,20H2,1-3H3,(H,38,39)/b35-31-,36-32-. The fourth-order valence-corrected chi connectivity index (χ4v) is 12.4. The van der Waals surface area contributed by atoms with Gasteiger partial charge >= 0.3 is 11.9 Å². The van der Waals surface area contributed by atoms with E-state index in [1.165, 1.54) is 23.9 Å². The van der Waals surface area contributed by atoms with Crippen LogP contribution in [0.1, 0.15) is 52.0 Å². The monoisotopic (exact) mass is 782 g/mol. The number of esters is 2. The maximum absolute atomic E-state index is 14.1. The van der Waals surface area contributed by atoms with E-state index in [0.717, 1.165) is 53.7 Å². The first-order chi connectivity index (χ1) is 24.7. The predicted molar refractivity (Wildman–Crippen MR) is 200 cm³/mol. The zero-order chi connectivity index (χ0) is 36.5. The number of hydrogen-bond acceptors (Lipinski definition) is 12. The maximum atomic E-state index is 14.1. The van der Waals surface area contributed by atoms with Crippen LogP contribution in [0.2, 0.25) is 0 Å². The van der Waals surface area contributed by atoms with Crippen molar-refractivity contribution in [3.05, 3.63) is 96.8 Å². The molecule has 3 aromatic carbocycles. The third-order valence-corrected chi connectivity index (χ3v) is 14.9. The normalized spacial score (nSPS) is 15.9. The molecule has 0 radical (unpaired) electrons. The van der Waals surface area contributed by atoms with E-state index < -0.39 is 32.6 Å². The molecule has 0 fully saturated rings. The number of carbonyl (C=O) groups excluding carboxylic acids is 3. The third kappa shape index (κ3) is 8.47. The van der Waals surface area contributed by atoms with Crippen LogP contribution in [0, 0.1) is 12.5 Å². The Morgan fingerprint density at radius 2 is 1.47 bits per heavy atom. The fourth-order valence-electron chi connectivity index (χ4n) is 5.08. The SMILES string of the molecule is [C-]#[N+]/C(NC=O)=C1\Sc2c(OCc3ccccc3)c3c(c(OC(=O)C(CC)CCCC)c2S1)S/C(=C(/C(=O)OCC)S(=O)(=O)c1ccccc1)S3. The van der Waals surface area contributed by atoms with Gasteiger partial charge in [-0.1, -0.05) is 129 Å². The lowest BCUT2D eigenvalue weighted by Gasteiger charge is -2.19. The van der Waals surface area contributed by atoms with Crippen LogP contribution < -0.4 is 14.8 Å². The summed E-state index contributed by atoms with van der Waals surface area (Å²) in [5.41, 5.74) is 0.860. The predicted octanol–water partition coefficient (Wildman–Crippen LogP) is 8.78. The molecule has 2 heterocycles. The lowest BCUT2D eigenvalue weighted by molar-refractivity contribution is -0.140. The number of hydrogen-bond donors (Lipinski definition) is 1. The molecule has 266 valence electrons. The number of ether oxygens (including phenoxy) is 3. The molecule has 0 saturated heterocycles. The van der Waals surface area contributed by atoms with Gasteiger partial charge < -0.3 is 19.1 Å². The summed E-state index contributed by atoms with van der Waals surface area (Å²) in [4.78, 5) is 43.4. The number of sulfone groups is 1. The highest BCUT2D eigenvalue weighted by atomic mass is 32.2. The first-order valence-corrected chi connectivity index (χ1v) is 20.8. The molecule has 1 atom stereocenters. The molecule has 1 amide bonds. The summed E-state index contributed by atoms with van der Waals surface area (Å²) < 4.78 is 46.8. The summed E-state index contributed by atoms with van der Waals surface area (Å²) in [6.07, 6.45) is 3.33. The molecule has 1 N–H and O–H groups in total. The van der Waals surface area contributed by atoms with E-state index in [1.807, 2.05) is 44.2 Å². The van der Waals surface area contributed by atoms with E-state index in [1.54, 1.807) is 25.1 Å². The summed E-state index contributed by atoms with van der Waals surface area (Å²) in [6, 6.07) is 17.1. The van der Waals surface area contributed by atoms with E-state index >= 15 is 0 Å². The number of fused-ring (bicyclic) bond motifs is 2. The highest BCUT2D eigenvalue weighted by molar-refractivity contribution is 8.26. The van der Waals surface area contributed by atoms with Gasteiger partial charge in [-0.2, -0.15) is 0 Å². The van der Waals surface area contributed by atoms with Crippen molar-refractivity contribution in [1.82, 2.24) is 5.32 Å². The molecule has 15 heteroatoms. The van der Waals surface area contributed by atoms with Gasteiger partial charge in [-0.25, -0.2) is 13.2 Å². The number of rotatable bonds is 15. The average Bonchev–Trinajstić information content (AvgIpc) is 3.77. The van der Waals surface area contributed by atoms with Crippen LogP contribution >= 0.6 is 47.0 Å². The molecule has 2 aliphatic rings. The van der Waals surface area contributed by atoms with Gasteiger partial charge in [0.25, 0.3) is 12.2 Å². The topological polar surface area (TPSA) is 129 Å². The van der Waals surface area contributed by atoms with Crippen molar-refractivity contribution in [3.63, 3.8) is 0 Å². The van der Waals surface area contributed by atoms with E-state index in [9.17, 15) is 22.8 Å². The van der Waals surface area contributed by atoms with Crippen molar-refractivity contribution in [3.8, 4) is 11.5 Å². The molecule has 2 aliphatic heterocycles. The number of carbonyl (C=O) groups is 3. The average molecular weight is 783 g/mol. The zero-order valence-corrected chi connectivity index (χ0v) is 32.0. The van der Waals surface area contributed by atoms with Crippen molar-refractivity contribution in [2.45, 2.75) is 77.5 Å². The number of unbranched alkanes of at least 4 members (excludes halogenated alkanes) is 1. The molecule has 0 bridgehead atoms. The van der Waals surface area contributed by atoms with Crippen molar-refractivity contribution in [2.24, 2.45) is 5.92 Å². The second-order valence-electron chi connectivity index (χ2n) is 11.0. The Morgan fingerprint density at radius 3 is 2.02 bits per heavy atom. The minimum atomic E-state index is -4.37. The van der Waals surface area contributed by atoms with E-state index in [-0.39, 0.29) is 33.9 Å². The van der Waals surface area contributed by atoms with Crippen LogP contribution in [0.4, 0.5) is 0 Å². The molecule has 5 rings (SSSR count). The Morgan fingerprint density at radius 1 is 0.882 bits per heavy atom. The van der Waals surface area contributed by atoms with Gasteiger partial charge in [0, 0.05) is 0 Å². The van der Waals surface area contributed by atoms with E-state index in [2.05, 4.69) is 10.2 Å². The Kier molecular flexibility index (Phi) is 13.3. The van der Waals surface area contributed by atoms with Crippen LogP contribution in [-0.2, 0) is 35.6 Å². The Labute approximate surface area is 314 Å². The van der Waals surface area contributed by atoms with E-state index in [4.69, 9.17) is 20.8 Å². The molecule has 0 aliphatic carbocycles. The highest BCUT2D eigenvalue weighted by Gasteiger charge is 2.42. The molecule has 10 nitrogen and oxygen atoms in total. The highest BCUT2D eigenvalue weighted by Crippen LogP contribution is 2.68. The first-order valence-electron chi connectivity index (χ1n) is 16.0. The Balaban J connectivity index is 1.75. The second kappa shape index (κ2) is 17.6. The summed E-state index contributed by atoms with van der Waals surface area (Å²) >= 11 is 4.33. The number of amides is 1. The van der Waals surface area contributed by atoms with Crippen LogP contribution in [0.15, 0.2) is 104 Å². The van der Waals surface area contributed by atoms with Gasteiger partial charge in [0.1, 0.15) is 12.4 Å². The zero-order valence-electron chi connectivity index (χ0n) is 27.9. The molecule has 3 aromatic rings. The number of benzene rings is 3. The molecule has 0 aromatic heterocycles. The van der Waals surface area contributed by atoms with Gasteiger partial charge in [-0.3, -0.25) is 14.9 Å². The Hall–Kier alpha value is -3.81. The molecular weight excluding hydrogens is 749 g/mol. The van der Waals surface area contributed by atoms with Crippen molar-refractivity contribution < 1.29 is 37.0 Å². The van der Waals surface area contributed by atoms with Crippen LogP contribution in [0.5, 0.6) is 11.5 Å².